The Morgan fingerprint density at radius 3 is 2.29 bits per heavy atom. The van der Waals surface area contributed by atoms with E-state index in [9.17, 15) is 9.90 Å². The Balaban J connectivity index is 0.00000106. The van der Waals surface area contributed by atoms with E-state index in [2.05, 4.69) is 20.8 Å². The molecule has 1 fully saturated rings. The highest BCUT2D eigenvalue weighted by atomic mass is 79.9. The van der Waals surface area contributed by atoms with E-state index in [1.165, 1.54) is 0 Å². The minimum absolute atomic E-state index is 0.0663. The van der Waals surface area contributed by atoms with E-state index in [1.807, 2.05) is 38.1 Å². The minimum Gasteiger partial charge on any atom is -0.393 e. The number of Topliss-reactive ketones (excluding diaryl/α,β-unsaturated/α-hetero) is 1. The number of ketones is 1. The molecule has 0 spiro atoms. The molecule has 1 saturated heterocycles. The monoisotopic (exact) mass is 355 g/mol. The second-order valence-corrected chi connectivity index (χ2v) is 6.16. The van der Waals surface area contributed by atoms with E-state index >= 15 is 0 Å². The van der Waals surface area contributed by atoms with Crippen LogP contribution in [0.3, 0.4) is 0 Å². The van der Waals surface area contributed by atoms with Crippen LogP contribution in [0, 0.1) is 0 Å². The van der Waals surface area contributed by atoms with E-state index in [-0.39, 0.29) is 17.8 Å². The zero-order chi connectivity index (χ0) is 15.8. The molecular weight excluding hydrogens is 330 g/mol. The fourth-order valence-electron chi connectivity index (χ4n) is 2.52. The number of aliphatic hydroxyl groups excluding tert-OH is 1. The van der Waals surface area contributed by atoms with Crippen molar-refractivity contribution < 1.29 is 9.90 Å². The van der Waals surface area contributed by atoms with E-state index in [1.54, 1.807) is 6.92 Å². The van der Waals surface area contributed by atoms with Crippen molar-refractivity contribution in [3.63, 3.8) is 0 Å². The van der Waals surface area contributed by atoms with Gasteiger partial charge in [-0.25, -0.2) is 0 Å². The van der Waals surface area contributed by atoms with Gasteiger partial charge in [0.15, 0.2) is 0 Å². The molecule has 1 aromatic carbocycles. The first-order valence-corrected chi connectivity index (χ1v) is 8.52. The van der Waals surface area contributed by atoms with Crippen LogP contribution in [-0.4, -0.2) is 41.5 Å². The van der Waals surface area contributed by atoms with Gasteiger partial charge in [0, 0.05) is 24.1 Å². The number of rotatable bonds is 4. The van der Waals surface area contributed by atoms with Crippen LogP contribution in [-0.2, 0) is 4.79 Å². The number of halogens is 1. The summed E-state index contributed by atoms with van der Waals surface area (Å²) in [5.74, 6) is 0.136. The lowest BCUT2D eigenvalue weighted by atomic mass is 9.94. The highest BCUT2D eigenvalue weighted by molar-refractivity contribution is 9.10. The van der Waals surface area contributed by atoms with Gasteiger partial charge >= 0.3 is 0 Å². The first-order valence-electron chi connectivity index (χ1n) is 7.72. The molecule has 2 rings (SSSR count). The Bertz CT molecular complexity index is 425. The summed E-state index contributed by atoms with van der Waals surface area (Å²) in [5, 5.41) is 9.52. The topological polar surface area (TPSA) is 40.5 Å². The fourth-order valence-corrected chi connectivity index (χ4v) is 2.79. The van der Waals surface area contributed by atoms with Gasteiger partial charge in [0.1, 0.15) is 5.78 Å². The summed E-state index contributed by atoms with van der Waals surface area (Å²) >= 11 is 3.41. The standard InChI is InChI=1S/C15H20BrNO2.C2H6/c1-11(18)15(12-2-4-13(16)5-3-12)10-17-8-6-14(19)7-9-17;1-2/h2-5,14-15,19H,6-10H2,1H3;1-2H3. The van der Waals surface area contributed by atoms with Gasteiger partial charge in [-0.05, 0) is 37.5 Å². The van der Waals surface area contributed by atoms with Gasteiger partial charge in [-0.2, -0.15) is 0 Å². The van der Waals surface area contributed by atoms with E-state index in [4.69, 9.17) is 0 Å². The third kappa shape index (κ3) is 5.89. The van der Waals surface area contributed by atoms with Crippen molar-refractivity contribution in [1.29, 1.82) is 0 Å². The zero-order valence-corrected chi connectivity index (χ0v) is 14.8. The second-order valence-electron chi connectivity index (χ2n) is 5.25. The summed E-state index contributed by atoms with van der Waals surface area (Å²) < 4.78 is 1.03. The van der Waals surface area contributed by atoms with Gasteiger partial charge in [-0.1, -0.05) is 41.9 Å². The zero-order valence-electron chi connectivity index (χ0n) is 13.2. The van der Waals surface area contributed by atoms with E-state index < -0.39 is 0 Å². The van der Waals surface area contributed by atoms with Gasteiger partial charge in [-0.15, -0.1) is 0 Å². The summed E-state index contributed by atoms with van der Waals surface area (Å²) in [6.45, 7) is 8.16. The predicted octanol–water partition coefficient (Wildman–Crippen LogP) is 3.60. The highest BCUT2D eigenvalue weighted by Gasteiger charge is 2.23. The Morgan fingerprint density at radius 2 is 1.81 bits per heavy atom. The first-order chi connectivity index (χ1) is 10.1. The molecular formula is C17H26BrNO2. The van der Waals surface area contributed by atoms with Crippen LogP contribution in [0.25, 0.3) is 0 Å². The number of benzene rings is 1. The first kappa shape index (κ1) is 18.3. The van der Waals surface area contributed by atoms with Crippen LogP contribution in [0.15, 0.2) is 28.7 Å². The molecule has 0 aliphatic carbocycles. The predicted molar refractivity (Wildman–Crippen MR) is 90.6 cm³/mol. The number of carbonyl (C=O) groups excluding carboxylic acids is 1. The Labute approximate surface area is 136 Å². The number of piperidine rings is 1. The van der Waals surface area contributed by atoms with Crippen molar-refractivity contribution in [2.75, 3.05) is 19.6 Å². The number of hydrogen-bond acceptors (Lipinski definition) is 3. The molecule has 1 N–H and O–H groups in total. The van der Waals surface area contributed by atoms with Crippen LogP contribution in [0.4, 0.5) is 0 Å². The quantitative estimate of drug-likeness (QED) is 0.896. The molecule has 1 aromatic rings. The molecule has 1 heterocycles. The lowest BCUT2D eigenvalue weighted by Gasteiger charge is -2.32. The SMILES string of the molecule is CC.CC(=O)C(CN1CCC(O)CC1)c1ccc(Br)cc1. The maximum Gasteiger partial charge on any atom is 0.138 e. The lowest BCUT2D eigenvalue weighted by Crippen LogP contribution is -2.39. The molecule has 4 heteroatoms. The Kier molecular flexibility index (Phi) is 8.15. The summed E-state index contributed by atoms with van der Waals surface area (Å²) in [5.41, 5.74) is 1.07. The maximum atomic E-state index is 11.9. The largest absolute Gasteiger partial charge is 0.393 e. The normalized spacial score (nSPS) is 17.8. The summed E-state index contributed by atoms with van der Waals surface area (Å²) in [7, 11) is 0. The molecule has 21 heavy (non-hydrogen) atoms. The van der Waals surface area contributed by atoms with Crippen molar-refractivity contribution in [2.45, 2.75) is 45.6 Å². The molecule has 0 amide bonds. The lowest BCUT2D eigenvalue weighted by molar-refractivity contribution is -0.119. The number of likely N-dealkylation sites (tertiary alicyclic amines) is 1. The summed E-state index contributed by atoms with van der Waals surface area (Å²) in [4.78, 5) is 14.2. The summed E-state index contributed by atoms with van der Waals surface area (Å²) in [6, 6.07) is 7.97. The summed E-state index contributed by atoms with van der Waals surface area (Å²) in [6.07, 6.45) is 1.45. The number of aliphatic hydroxyl groups is 1. The van der Waals surface area contributed by atoms with Crippen molar-refractivity contribution in [3.05, 3.63) is 34.3 Å². The molecule has 0 aromatic heterocycles. The Morgan fingerprint density at radius 1 is 1.29 bits per heavy atom. The van der Waals surface area contributed by atoms with Gasteiger partial charge in [0.25, 0.3) is 0 Å². The third-order valence-electron chi connectivity index (χ3n) is 3.76. The second kappa shape index (κ2) is 9.34. The molecule has 1 unspecified atom stereocenters. The average Bonchev–Trinajstić information content (AvgIpc) is 2.49. The number of nitrogens with zero attached hydrogens (tertiary/aromatic N) is 1. The van der Waals surface area contributed by atoms with Gasteiger partial charge in [0.05, 0.1) is 12.0 Å². The Hall–Kier alpha value is -0.710. The number of carbonyl (C=O) groups is 1. The smallest absolute Gasteiger partial charge is 0.138 e. The van der Waals surface area contributed by atoms with Crippen LogP contribution in [0.2, 0.25) is 0 Å². The van der Waals surface area contributed by atoms with Gasteiger partial charge < -0.3 is 10.0 Å². The number of hydrogen-bond donors (Lipinski definition) is 1. The van der Waals surface area contributed by atoms with Crippen molar-refractivity contribution in [2.24, 2.45) is 0 Å². The van der Waals surface area contributed by atoms with Crippen molar-refractivity contribution in [3.8, 4) is 0 Å². The van der Waals surface area contributed by atoms with Crippen LogP contribution in [0.1, 0.15) is 45.1 Å². The molecule has 1 aliphatic rings. The average molecular weight is 356 g/mol. The van der Waals surface area contributed by atoms with Crippen molar-refractivity contribution in [1.82, 2.24) is 4.90 Å². The van der Waals surface area contributed by atoms with Gasteiger partial charge in [0.2, 0.25) is 0 Å². The molecule has 3 nitrogen and oxygen atoms in total. The minimum atomic E-state index is -0.167. The molecule has 1 atom stereocenters. The molecule has 1 aliphatic heterocycles. The van der Waals surface area contributed by atoms with Gasteiger partial charge in [-0.3, -0.25) is 4.79 Å². The third-order valence-corrected chi connectivity index (χ3v) is 4.29. The van der Waals surface area contributed by atoms with E-state index in [0.29, 0.717) is 0 Å². The molecule has 118 valence electrons. The van der Waals surface area contributed by atoms with Crippen LogP contribution < -0.4 is 0 Å². The maximum absolute atomic E-state index is 11.9. The molecule has 0 bridgehead atoms. The van der Waals surface area contributed by atoms with Crippen molar-refractivity contribution >= 4 is 21.7 Å². The highest BCUT2D eigenvalue weighted by Crippen LogP contribution is 2.22. The molecule has 0 radical (unpaired) electrons. The fraction of sp³-hybridized carbons (Fsp3) is 0.588. The molecule has 0 saturated carbocycles. The van der Waals surface area contributed by atoms with Crippen LogP contribution in [0.5, 0.6) is 0 Å². The van der Waals surface area contributed by atoms with Crippen LogP contribution >= 0.6 is 15.9 Å². The van der Waals surface area contributed by atoms with E-state index in [0.717, 1.165) is 42.5 Å².